The molecular formula is C24H28SSi. The molecule has 0 nitrogen and oxygen atoms in total. The Bertz CT molecular complexity index is 847. The van der Waals surface area contributed by atoms with Gasteiger partial charge in [0.1, 0.15) is 0 Å². The number of rotatable bonds is 3. The van der Waals surface area contributed by atoms with Crippen molar-refractivity contribution in [2.75, 3.05) is 0 Å². The van der Waals surface area contributed by atoms with E-state index in [1.165, 1.54) is 48.9 Å². The minimum absolute atomic E-state index is 1.34. The molecular weight excluding hydrogens is 348 g/mol. The van der Waals surface area contributed by atoms with E-state index >= 15 is 0 Å². The Hall–Kier alpha value is -1.77. The molecule has 0 radical (unpaired) electrons. The van der Waals surface area contributed by atoms with Crippen LogP contribution in [0.15, 0.2) is 54.6 Å². The third kappa shape index (κ3) is 2.95. The zero-order chi connectivity index (χ0) is 19.1. The summed E-state index contributed by atoms with van der Waals surface area (Å²) in [6.45, 7) is 13.4. The molecule has 0 saturated carbocycles. The van der Waals surface area contributed by atoms with Crippen LogP contribution in [0.4, 0.5) is 0 Å². The van der Waals surface area contributed by atoms with E-state index in [9.17, 15) is 0 Å². The molecule has 0 aromatic heterocycles. The van der Waals surface area contributed by atoms with Crippen LogP contribution in [0, 0.1) is 41.5 Å². The third-order valence-electron chi connectivity index (χ3n) is 5.98. The van der Waals surface area contributed by atoms with Gasteiger partial charge in [-0.25, -0.2) is 0 Å². The topological polar surface area (TPSA) is 0 Å². The van der Waals surface area contributed by atoms with Gasteiger partial charge in [0, 0.05) is 0 Å². The van der Waals surface area contributed by atoms with Gasteiger partial charge >= 0.3 is 0 Å². The van der Waals surface area contributed by atoms with Crippen molar-refractivity contribution in [1.82, 2.24) is 0 Å². The standard InChI is InChI=1S/C24H28SSi/c1-16-10-7-13-22(19(16)4)26(25,23-14-8-11-17(2)20(23)5)24-15-9-12-18(3)21(24)6/h7-15,25H,1-6H3. The summed E-state index contributed by atoms with van der Waals surface area (Å²) in [5.41, 5.74) is 8.13. The molecule has 0 heterocycles. The molecule has 26 heavy (non-hydrogen) atoms. The maximum Gasteiger partial charge on any atom is 0.207 e. The molecule has 134 valence electrons. The lowest BCUT2D eigenvalue weighted by molar-refractivity contribution is 1.34. The van der Waals surface area contributed by atoms with Gasteiger partial charge in [-0.2, -0.15) is 12.1 Å². The lowest BCUT2D eigenvalue weighted by Gasteiger charge is -2.33. The molecule has 0 unspecified atom stereocenters. The second kappa shape index (κ2) is 7.09. The normalized spacial score (nSPS) is 11.7. The van der Waals surface area contributed by atoms with Crippen molar-refractivity contribution in [2.45, 2.75) is 41.5 Å². The molecule has 0 N–H and O–H groups in total. The highest BCUT2D eigenvalue weighted by Gasteiger charge is 2.39. The Kier molecular flexibility index (Phi) is 5.18. The molecule has 0 amide bonds. The molecule has 0 aliphatic heterocycles. The Morgan fingerprint density at radius 1 is 0.500 bits per heavy atom. The summed E-state index contributed by atoms with van der Waals surface area (Å²) in [4.78, 5) is 0. The minimum atomic E-state index is -2.41. The molecule has 0 aliphatic carbocycles. The van der Waals surface area contributed by atoms with Crippen LogP contribution >= 0.6 is 12.1 Å². The largest absolute Gasteiger partial charge is 0.207 e. The summed E-state index contributed by atoms with van der Waals surface area (Å²) in [5.74, 6) is 0. The average Bonchev–Trinajstić information content (AvgIpc) is 2.61. The number of hydrogen-bond acceptors (Lipinski definition) is 1. The fourth-order valence-corrected chi connectivity index (χ4v) is 10.1. The predicted molar refractivity (Wildman–Crippen MR) is 121 cm³/mol. The molecule has 0 bridgehead atoms. The molecule has 0 spiro atoms. The molecule has 0 aliphatic rings. The zero-order valence-electron chi connectivity index (χ0n) is 16.6. The van der Waals surface area contributed by atoms with E-state index in [-0.39, 0.29) is 0 Å². The predicted octanol–water partition coefficient (Wildman–Crippen LogP) is 4.43. The van der Waals surface area contributed by atoms with Crippen LogP contribution in [0.5, 0.6) is 0 Å². The summed E-state index contributed by atoms with van der Waals surface area (Å²) < 4.78 is 0. The van der Waals surface area contributed by atoms with Gasteiger partial charge in [0.2, 0.25) is 7.22 Å². The molecule has 3 rings (SSSR count). The number of hydrogen-bond donors (Lipinski definition) is 1. The van der Waals surface area contributed by atoms with Crippen LogP contribution in [0.1, 0.15) is 33.4 Å². The minimum Gasteiger partial charge on any atom is -0.187 e. The SMILES string of the molecule is Cc1cccc([Si](S)(c2cccc(C)c2C)c2cccc(C)c2C)c1C. The van der Waals surface area contributed by atoms with Crippen molar-refractivity contribution in [2.24, 2.45) is 0 Å². The fourth-order valence-electron chi connectivity index (χ4n) is 3.86. The first kappa shape index (κ1) is 19.0. The van der Waals surface area contributed by atoms with Crippen molar-refractivity contribution in [3.63, 3.8) is 0 Å². The lowest BCUT2D eigenvalue weighted by Crippen LogP contribution is -2.65. The fraction of sp³-hybridized carbons (Fsp3) is 0.250. The van der Waals surface area contributed by atoms with Crippen LogP contribution in [0.25, 0.3) is 0 Å². The van der Waals surface area contributed by atoms with Crippen LogP contribution in [-0.2, 0) is 0 Å². The molecule has 2 heteroatoms. The molecule has 3 aromatic carbocycles. The smallest absolute Gasteiger partial charge is 0.187 e. The summed E-state index contributed by atoms with van der Waals surface area (Å²) in [5, 5.41) is 4.22. The highest BCUT2D eigenvalue weighted by molar-refractivity contribution is 8.19. The highest BCUT2D eigenvalue weighted by atomic mass is 32.3. The van der Waals surface area contributed by atoms with E-state index in [2.05, 4.69) is 96.1 Å². The summed E-state index contributed by atoms with van der Waals surface area (Å²) >= 11 is 5.58. The number of aryl methyl sites for hydroxylation is 3. The second-order valence-corrected chi connectivity index (χ2v) is 12.5. The summed E-state index contributed by atoms with van der Waals surface area (Å²) in [6, 6.07) is 20.1. The molecule has 0 fully saturated rings. The Morgan fingerprint density at radius 3 is 1.04 bits per heavy atom. The van der Waals surface area contributed by atoms with Gasteiger partial charge in [-0.3, -0.25) is 0 Å². The third-order valence-corrected chi connectivity index (χ3v) is 12.1. The molecule has 0 atom stereocenters. The quantitative estimate of drug-likeness (QED) is 0.390. The Balaban J connectivity index is 2.46. The van der Waals surface area contributed by atoms with Gasteiger partial charge in [0.05, 0.1) is 0 Å². The van der Waals surface area contributed by atoms with Crippen LogP contribution in [-0.4, -0.2) is 7.22 Å². The van der Waals surface area contributed by atoms with Gasteiger partial charge in [0.15, 0.2) is 0 Å². The van der Waals surface area contributed by atoms with Crippen LogP contribution < -0.4 is 15.6 Å². The van der Waals surface area contributed by atoms with Gasteiger partial charge in [-0.15, -0.1) is 0 Å². The van der Waals surface area contributed by atoms with Crippen LogP contribution in [0.2, 0.25) is 0 Å². The van der Waals surface area contributed by atoms with Crippen molar-refractivity contribution < 1.29 is 0 Å². The van der Waals surface area contributed by atoms with E-state index in [1.807, 2.05) is 0 Å². The van der Waals surface area contributed by atoms with E-state index in [4.69, 9.17) is 12.1 Å². The van der Waals surface area contributed by atoms with Gasteiger partial charge in [-0.05, 0) is 90.5 Å². The van der Waals surface area contributed by atoms with Crippen molar-refractivity contribution in [3.05, 3.63) is 88.0 Å². The van der Waals surface area contributed by atoms with Gasteiger partial charge in [0.25, 0.3) is 0 Å². The van der Waals surface area contributed by atoms with Crippen molar-refractivity contribution in [1.29, 1.82) is 0 Å². The summed E-state index contributed by atoms with van der Waals surface area (Å²) in [6.07, 6.45) is 0. The highest BCUT2D eigenvalue weighted by Crippen LogP contribution is 2.21. The van der Waals surface area contributed by atoms with Crippen molar-refractivity contribution in [3.8, 4) is 0 Å². The average molecular weight is 377 g/mol. The summed E-state index contributed by atoms with van der Waals surface area (Å²) in [7, 11) is -2.41. The molecule has 3 aromatic rings. The maximum absolute atomic E-state index is 5.58. The first-order valence-electron chi connectivity index (χ1n) is 9.21. The first-order valence-corrected chi connectivity index (χ1v) is 12.5. The van der Waals surface area contributed by atoms with E-state index in [0.29, 0.717) is 0 Å². The van der Waals surface area contributed by atoms with Gasteiger partial charge in [-0.1, -0.05) is 54.6 Å². The number of benzene rings is 3. The maximum atomic E-state index is 5.58. The Labute approximate surface area is 164 Å². The van der Waals surface area contributed by atoms with Gasteiger partial charge < -0.3 is 0 Å². The lowest BCUT2D eigenvalue weighted by atomic mass is 10.1. The second-order valence-electron chi connectivity index (χ2n) is 7.45. The van der Waals surface area contributed by atoms with E-state index in [0.717, 1.165) is 0 Å². The molecule has 0 saturated heterocycles. The van der Waals surface area contributed by atoms with E-state index < -0.39 is 7.22 Å². The van der Waals surface area contributed by atoms with Crippen molar-refractivity contribution >= 4 is 34.9 Å². The zero-order valence-corrected chi connectivity index (χ0v) is 18.5. The monoisotopic (exact) mass is 376 g/mol. The Morgan fingerprint density at radius 2 is 0.769 bits per heavy atom. The number of thiol groups is 1. The van der Waals surface area contributed by atoms with Crippen LogP contribution in [0.3, 0.4) is 0 Å². The first-order chi connectivity index (χ1) is 12.3. The van der Waals surface area contributed by atoms with E-state index in [1.54, 1.807) is 0 Å².